The molecule has 0 unspecified atom stereocenters. The second kappa shape index (κ2) is 4.98. The molecule has 18 heavy (non-hydrogen) atoms. The van der Waals surface area contributed by atoms with Crippen molar-refractivity contribution in [3.63, 3.8) is 0 Å². The molecular formula is C14H20N2O2. The Kier molecular flexibility index (Phi) is 3.57. The van der Waals surface area contributed by atoms with Gasteiger partial charge in [-0.25, -0.2) is 0 Å². The van der Waals surface area contributed by atoms with Crippen LogP contribution in [0.4, 0.5) is 5.69 Å². The Morgan fingerprint density at radius 3 is 2.72 bits per heavy atom. The molecule has 1 aromatic carbocycles. The molecule has 0 atom stereocenters. The number of amides is 1. The molecule has 0 radical (unpaired) electrons. The SMILES string of the molecule is COc1ccc(NC(=O)CC2(N)CCC2)cc1C. The zero-order valence-corrected chi connectivity index (χ0v) is 11.0. The van der Waals surface area contributed by atoms with Crippen LogP contribution in [0.15, 0.2) is 18.2 Å². The van der Waals surface area contributed by atoms with Gasteiger partial charge in [0.1, 0.15) is 5.75 Å². The van der Waals surface area contributed by atoms with Gasteiger partial charge in [-0.1, -0.05) is 0 Å². The van der Waals surface area contributed by atoms with Crippen molar-refractivity contribution in [3.05, 3.63) is 23.8 Å². The van der Waals surface area contributed by atoms with Gasteiger partial charge >= 0.3 is 0 Å². The predicted molar refractivity (Wildman–Crippen MR) is 71.7 cm³/mol. The third-order valence-electron chi connectivity index (χ3n) is 3.54. The van der Waals surface area contributed by atoms with E-state index in [1.807, 2.05) is 25.1 Å². The summed E-state index contributed by atoms with van der Waals surface area (Å²) in [4.78, 5) is 11.9. The Hall–Kier alpha value is -1.55. The van der Waals surface area contributed by atoms with Crippen LogP contribution < -0.4 is 15.8 Å². The highest BCUT2D eigenvalue weighted by atomic mass is 16.5. The minimum atomic E-state index is -0.272. The van der Waals surface area contributed by atoms with E-state index in [0.29, 0.717) is 6.42 Å². The number of carbonyl (C=O) groups is 1. The van der Waals surface area contributed by atoms with Gasteiger partial charge in [0.15, 0.2) is 0 Å². The van der Waals surface area contributed by atoms with Crippen LogP contribution in [-0.2, 0) is 4.79 Å². The highest BCUT2D eigenvalue weighted by molar-refractivity contribution is 5.91. The lowest BCUT2D eigenvalue weighted by atomic mass is 9.75. The van der Waals surface area contributed by atoms with Crippen molar-refractivity contribution in [3.8, 4) is 5.75 Å². The molecule has 4 nitrogen and oxygen atoms in total. The number of nitrogens with one attached hydrogen (secondary N) is 1. The highest BCUT2D eigenvalue weighted by Crippen LogP contribution is 2.32. The van der Waals surface area contributed by atoms with Gasteiger partial charge in [0.25, 0.3) is 0 Å². The molecule has 0 aromatic heterocycles. The predicted octanol–water partition coefficient (Wildman–Crippen LogP) is 2.21. The molecule has 0 bridgehead atoms. The molecule has 4 heteroatoms. The Labute approximate surface area is 108 Å². The summed E-state index contributed by atoms with van der Waals surface area (Å²) in [5, 5.41) is 2.88. The van der Waals surface area contributed by atoms with Crippen LogP contribution >= 0.6 is 0 Å². The second-order valence-electron chi connectivity index (χ2n) is 5.13. The number of benzene rings is 1. The zero-order chi connectivity index (χ0) is 13.2. The maximum absolute atomic E-state index is 11.9. The number of rotatable bonds is 4. The van der Waals surface area contributed by atoms with E-state index in [2.05, 4.69) is 5.32 Å². The summed E-state index contributed by atoms with van der Waals surface area (Å²) in [7, 11) is 1.63. The van der Waals surface area contributed by atoms with Gasteiger partial charge in [-0.15, -0.1) is 0 Å². The Morgan fingerprint density at radius 2 is 2.22 bits per heavy atom. The largest absolute Gasteiger partial charge is 0.496 e. The first-order chi connectivity index (χ1) is 8.52. The number of ether oxygens (including phenoxy) is 1. The third kappa shape index (κ3) is 2.82. The van der Waals surface area contributed by atoms with E-state index >= 15 is 0 Å². The van der Waals surface area contributed by atoms with Crippen LogP contribution in [0.3, 0.4) is 0 Å². The number of methoxy groups -OCH3 is 1. The Bertz CT molecular complexity index is 453. The van der Waals surface area contributed by atoms with Crippen molar-refractivity contribution in [2.24, 2.45) is 5.73 Å². The minimum absolute atomic E-state index is 0.0123. The van der Waals surface area contributed by atoms with Crippen molar-refractivity contribution < 1.29 is 9.53 Å². The van der Waals surface area contributed by atoms with Crippen molar-refractivity contribution in [1.82, 2.24) is 0 Å². The summed E-state index contributed by atoms with van der Waals surface area (Å²) in [5.74, 6) is 0.809. The summed E-state index contributed by atoms with van der Waals surface area (Å²) in [5.41, 5.74) is 7.57. The monoisotopic (exact) mass is 248 g/mol. The molecule has 1 saturated carbocycles. The standard InChI is InChI=1S/C14H20N2O2/c1-10-8-11(4-5-12(10)18-2)16-13(17)9-14(15)6-3-7-14/h4-5,8H,3,6-7,9,15H2,1-2H3,(H,16,17). The topological polar surface area (TPSA) is 64.3 Å². The fourth-order valence-corrected chi connectivity index (χ4v) is 2.29. The molecule has 0 heterocycles. The molecule has 2 rings (SSSR count). The third-order valence-corrected chi connectivity index (χ3v) is 3.54. The lowest BCUT2D eigenvalue weighted by Crippen LogP contribution is -2.48. The number of hydrogen-bond donors (Lipinski definition) is 2. The molecule has 1 fully saturated rings. The van der Waals surface area contributed by atoms with Crippen LogP contribution in [-0.4, -0.2) is 18.6 Å². The Morgan fingerprint density at radius 1 is 1.50 bits per heavy atom. The van der Waals surface area contributed by atoms with Gasteiger partial charge in [-0.05, 0) is 49.9 Å². The first kappa shape index (κ1) is 12.9. The molecule has 1 amide bonds. The summed E-state index contributed by atoms with van der Waals surface area (Å²) in [6.07, 6.45) is 3.42. The number of carbonyl (C=O) groups excluding carboxylic acids is 1. The minimum Gasteiger partial charge on any atom is -0.496 e. The van der Waals surface area contributed by atoms with Gasteiger partial charge in [-0.2, -0.15) is 0 Å². The smallest absolute Gasteiger partial charge is 0.226 e. The van der Waals surface area contributed by atoms with Crippen LogP contribution in [0.1, 0.15) is 31.2 Å². The molecule has 0 saturated heterocycles. The van der Waals surface area contributed by atoms with Gasteiger partial charge in [0, 0.05) is 17.6 Å². The van der Waals surface area contributed by atoms with Crippen molar-refractivity contribution >= 4 is 11.6 Å². The fourth-order valence-electron chi connectivity index (χ4n) is 2.29. The summed E-state index contributed by atoms with van der Waals surface area (Å²) >= 11 is 0. The highest BCUT2D eigenvalue weighted by Gasteiger charge is 2.34. The molecule has 1 aliphatic carbocycles. The van der Waals surface area contributed by atoms with Crippen LogP contribution in [0.2, 0.25) is 0 Å². The summed E-state index contributed by atoms with van der Waals surface area (Å²) < 4.78 is 5.18. The zero-order valence-electron chi connectivity index (χ0n) is 11.0. The molecule has 1 aliphatic rings. The average Bonchev–Trinajstić information content (AvgIpc) is 2.27. The van der Waals surface area contributed by atoms with Crippen LogP contribution in [0.25, 0.3) is 0 Å². The van der Waals surface area contributed by atoms with E-state index in [-0.39, 0.29) is 11.4 Å². The number of anilines is 1. The van der Waals surface area contributed by atoms with Gasteiger partial charge in [0.05, 0.1) is 7.11 Å². The van der Waals surface area contributed by atoms with Crippen LogP contribution in [0.5, 0.6) is 5.75 Å². The van der Waals surface area contributed by atoms with E-state index < -0.39 is 0 Å². The Balaban J connectivity index is 1.96. The molecule has 0 spiro atoms. The maximum atomic E-state index is 11.9. The van der Waals surface area contributed by atoms with E-state index in [4.69, 9.17) is 10.5 Å². The quantitative estimate of drug-likeness (QED) is 0.858. The lowest BCUT2D eigenvalue weighted by Gasteiger charge is -2.37. The first-order valence-corrected chi connectivity index (χ1v) is 6.26. The molecule has 1 aromatic rings. The molecule has 0 aliphatic heterocycles. The van der Waals surface area contributed by atoms with E-state index in [9.17, 15) is 4.79 Å². The van der Waals surface area contributed by atoms with Crippen molar-refractivity contribution in [1.29, 1.82) is 0 Å². The van der Waals surface area contributed by atoms with E-state index in [1.54, 1.807) is 7.11 Å². The number of hydrogen-bond acceptors (Lipinski definition) is 3. The van der Waals surface area contributed by atoms with E-state index in [1.165, 1.54) is 0 Å². The summed E-state index contributed by atoms with van der Waals surface area (Å²) in [6.45, 7) is 1.95. The fraction of sp³-hybridized carbons (Fsp3) is 0.500. The lowest BCUT2D eigenvalue weighted by molar-refractivity contribution is -0.118. The van der Waals surface area contributed by atoms with Crippen LogP contribution in [0, 0.1) is 6.92 Å². The number of nitrogens with two attached hydrogens (primary N) is 1. The van der Waals surface area contributed by atoms with Crippen molar-refractivity contribution in [2.75, 3.05) is 12.4 Å². The second-order valence-corrected chi connectivity index (χ2v) is 5.13. The number of aryl methyl sites for hydroxylation is 1. The normalized spacial score (nSPS) is 16.8. The van der Waals surface area contributed by atoms with Gasteiger partial charge in [-0.3, -0.25) is 4.79 Å². The molecular weight excluding hydrogens is 228 g/mol. The maximum Gasteiger partial charge on any atom is 0.226 e. The first-order valence-electron chi connectivity index (χ1n) is 6.26. The van der Waals surface area contributed by atoms with Crippen molar-refractivity contribution in [2.45, 2.75) is 38.1 Å². The van der Waals surface area contributed by atoms with Gasteiger partial charge in [0.2, 0.25) is 5.91 Å². The molecule has 3 N–H and O–H groups in total. The van der Waals surface area contributed by atoms with Gasteiger partial charge < -0.3 is 15.8 Å². The summed E-state index contributed by atoms with van der Waals surface area (Å²) in [6, 6.07) is 5.60. The average molecular weight is 248 g/mol. The van der Waals surface area contributed by atoms with E-state index in [0.717, 1.165) is 36.3 Å². The molecule has 98 valence electrons.